The number of alkyl halides is 3. The summed E-state index contributed by atoms with van der Waals surface area (Å²) in [7, 11) is -4.25. The van der Waals surface area contributed by atoms with Gasteiger partial charge in [-0.3, -0.25) is 4.79 Å². The molecule has 1 atom stereocenters. The van der Waals surface area contributed by atoms with Crippen molar-refractivity contribution in [2.75, 3.05) is 25.0 Å². The summed E-state index contributed by atoms with van der Waals surface area (Å²) in [6.45, 7) is -0.289. The number of rotatable bonds is 5. The Morgan fingerprint density at radius 3 is 2.43 bits per heavy atom. The van der Waals surface area contributed by atoms with E-state index in [1.807, 2.05) is 0 Å². The Morgan fingerprint density at radius 2 is 1.91 bits per heavy atom. The van der Waals surface area contributed by atoms with E-state index in [-0.39, 0.29) is 16.7 Å². The number of benzene rings is 1. The molecule has 0 saturated carbocycles. The molecule has 6 nitrogen and oxygen atoms in total. The van der Waals surface area contributed by atoms with E-state index < -0.39 is 22.7 Å². The highest BCUT2D eigenvalue weighted by Gasteiger charge is 2.30. The Labute approximate surface area is 131 Å². The fourth-order valence-corrected chi connectivity index (χ4v) is 3.12. The molecule has 10 heteroatoms. The highest BCUT2D eigenvalue weighted by Crippen LogP contribution is 2.18. The second-order valence-electron chi connectivity index (χ2n) is 5.14. The molecule has 0 aliphatic carbocycles. The molecular weight excluding hydrogens is 335 g/mol. The van der Waals surface area contributed by atoms with Crippen LogP contribution in [0.15, 0.2) is 29.2 Å². The molecule has 1 aromatic rings. The zero-order valence-electron chi connectivity index (χ0n) is 12.0. The van der Waals surface area contributed by atoms with Crippen molar-refractivity contribution >= 4 is 21.6 Å². The maximum Gasteiger partial charge on any atom is 0.402 e. The lowest BCUT2D eigenvalue weighted by Gasteiger charge is -2.11. The topological polar surface area (TPSA) is 87.3 Å². The second kappa shape index (κ2) is 6.85. The zero-order chi connectivity index (χ0) is 17.1. The van der Waals surface area contributed by atoms with E-state index in [4.69, 9.17) is 0 Å². The largest absolute Gasteiger partial charge is 0.402 e. The van der Waals surface area contributed by atoms with Crippen LogP contribution >= 0.6 is 0 Å². The number of carbonyl (C=O) groups excluding carboxylic acids is 1. The van der Waals surface area contributed by atoms with Crippen molar-refractivity contribution in [3.05, 3.63) is 24.3 Å². The third-order valence-corrected chi connectivity index (χ3v) is 4.74. The van der Waals surface area contributed by atoms with Gasteiger partial charge in [-0.1, -0.05) is 0 Å². The van der Waals surface area contributed by atoms with Gasteiger partial charge in [-0.15, -0.1) is 0 Å². The predicted octanol–water partition coefficient (Wildman–Crippen LogP) is 1.08. The summed E-state index contributed by atoms with van der Waals surface area (Å²) in [5.41, 5.74) is 0.386. The van der Waals surface area contributed by atoms with Gasteiger partial charge in [-0.25, -0.2) is 13.1 Å². The zero-order valence-corrected chi connectivity index (χ0v) is 12.8. The number of hydrogen-bond donors (Lipinski definition) is 3. The highest BCUT2D eigenvalue weighted by molar-refractivity contribution is 7.89. The minimum atomic E-state index is -4.63. The molecule has 3 N–H and O–H groups in total. The smallest absolute Gasteiger partial charge is 0.326 e. The number of sulfonamides is 1. The van der Waals surface area contributed by atoms with Gasteiger partial charge in [0.25, 0.3) is 0 Å². The summed E-state index contributed by atoms with van der Waals surface area (Å²) >= 11 is 0. The van der Waals surface area contributed by atoms with Crippen LogP contribution in [0.25, 0.3) is 0 Å². The van der Waals surface area contributed by atoms with Gasteiger partial charge in [0.05, 0.1) is 10.8 Å². The van der Waals surface area contributed by atoms with Crippen molar-refractivity contribution in [2.45, 2.75) is 17.5 Å². The SMILES string of the molecule is O=C(Nc1ccc(S(=O)(=O)NCC(F)(F)F)cc1)C1CCNC1. The number of anilines is 1. The Balaban J connectivity index is 1.99. The average Bonchev–Trinajstić information content (AvgIpc) is 2.99. The van der Waals surface area contributed by atoms with Gasteiger partial charge in [0.1, 0.15) is 6.54 Å². The van der Waals surface area contributed by atoms with Gasteiger partial charge in [0, 0.05) is 12.2 Å². The van der Waals surface area contributed by atoms with Crippen LogP contribution in [0.4, 0.5) is 18.9 Å². The highest BCUT2D eigenvalue weighted by atomic mass is 32.2. The maximum atomic E-state index is 12.1. The molecule has 1 fully saturated rings. The Kier molecular flexibility index (Phi) is 5.27. The lowest BCUT2D eigenvalue weighted by Crippen LogP contribution is -2.33. The molecule has 0 spiro atoms. The van der Waals surface area contributed by atoms with Crippen LogP contribution in [0.3, 0.4) is 0 Å². The van der Waals surface area contributed by atoms with Crippen LogP contribution in [0.2, 0.25) is 0 Å². The summed E-state index contributed by atoms with van der Waals surface area (Å²) in [6, 6.07) is 4.95. The molecule has 0 radical (unpaired) electrons. The minimum Gasteiger partial charge on any atom is -0.326 e. The summed E-state index contributed by atoms with van der Waals surface area (Å²) < 4.78 is 61.1. The van der Waals surface area contributed by atoms with Crippen molar-refractivity contribution in [1.29, 1.82) is 0 Å². The summed E-state index contributed by atoms with van der Waals surface area (Å²) in [5.74, 6) is -0.326. The van der Waals surface area contributed by atoms with E-state index in [0.29, 0.717) is 12.2 Å². The first-order chi connectivity index (χ1) is 10.7. The van der Waals surface area contributed by atoms with Gasteiger partial charge >= 0.3 is 6.18 Å². The Bertz CT molecular complexity index is 653. The normalized spacial score (nSPS) is 18.8. The predicted molar refractivity (Wildman–Crippen MR) is 77.3 cm³/mol. The van der Waals surface area contributed by atoms with Crippen molar-refractivity contribution < 1.29 is 26.4 Å². The van der Waals surface area contributed by atoms with Crippen LogP contribution < -0.4 is 15.4 Å². The van der Waals surface area contributed by atoms with Crippen LogP contribution in [0.5, 0.6) is 0 Å². The van der Waals surface area contributed by atoms with Crippen molar-refractivity contribution in [3.8, 4) is 0 Å². The van der Waals surface area contributed by atoms with E-state index in [2.05, 4.69) is 10.6 Å². The molecule has 1 aliphatic rings. The second-order valence-corrected chi connectivity index (χ2v) is 6.91. The third-order valence-electron chi connectivity index (χ3n) is 3.33. The third kappa shape index (κ3) is 5.19. The van der Waals surface area contributed by atoms with Gasteiger partial charge in [-0.05, 0) is 37.2 Å². The van der Waals surface area contributed by atoms with Gasteiger partial charge < -0.3 is 10.6 Å². The molecular formula is C13H16F3N3O3S. The molecule has 23 heavy (non-hydrogen) atoms. The molecule has 1 aliphatic heterocycles. The minimum absolute atomic E-state index is 0.146. The standard InChI is InChI=1S/C13H16F3N3O3S/c14-13(15,16)8-18-23(21,22)11-3-1-10(2-4-11)19-12(20)9-5-6-17-7-9/h1-4,9,17-18H,5-8H2,(H,19,20). The van der Waals surface area contributed by atoms with Gasteiger partial charge in [0.2, 0.25) is 15.9 Å². The van der Waals surface area contributed by atoms with Crippen molar-refractivity contribution in [1.82, 2.24) is 10.0 Å². The summed E-state index contributed by atoms with van der Waals surface area (Å²) in [6.07, 6.45) is -3.91. The van der Waals surface area contributed by atoms with E-state index in [9.17, 15) is 26.4 Å². The van der Waals surface area contributed by atoms with E-state index in [1.54, 1.807) is 0 Å². The maximum absolute atomic E-state index is 12.1. The molecule has 0 aromatic heterocycles. The molecule has 1 saturated heterocycles. The number of nitrogens with one attached hydrogen (secondary N) is 3. The first-order valence-electron chi connectivity index (χ1n) is 6.85. The van der Waals surface area contributed by atoms with Crippen LogP contribution in [0, 0.1) is 5.92 Å². The van der Waals surface area contributed by atoms with Crippen molar-refractivity contribution in [3.63, 3.8) is 0 Å². The van der Waals surface area contributed by atoms with Crippen LogP contribution in [-0.4, -0.2) is 40.1 Å². The molecule has 1 unspecified atom stereocenters. The lowest BCUT2D eigenvalue weighted by atomic mass is 10.1. The fraction of sp³-hybridized carbons (Fsp3) is 0.462. The van der Waals surface area contributed by atoms with E-state index >= 15 is 0 Å². The van der Waals surface area contributed by atoms with E-state index in [0.717, 1.165) is 25.1 Å². The number of carbonyl (C=O) groups is 1. The quantitative estimate of drug-likeness (QED) is 0.741. The average molecular weight is 351 g/mol. The summed E-state index contributed by atoms with van der Waals surface area (Å²) in [5, 5.41) is 5.70. The first-order valence-corrected chi connectivity index (χ1v) is 8.34. The number of hydrogen-bond acceptors (Lipinski definition) is 4. The molecule has 0 bridgehead atoms. The number of amides is 1. The Hall–Kier alpha value is -1.65. The van der Waals surface area contributed by atoms with Gasteiger partial charge in [-0.2, -0.15) is 13.2 Å². The molecule has 2 rings (SSSR count). The first kappa shape index (κ1) is 17.7. The number of halogens is 3. The molecule has 1 aromatic carbocycles. The molecule has 1 amide bonds. The van der Waals surface area contributed by atoms with Crippen LogP contribution in [0.1, 0.15) is 6.42 Å². The molecule has 128 valence electrons. The summed E-state index contributed by atoms with van der Waals surface area (Å²) in [4.78, 5) is 11.6. The molecule has 1 heterocycles. The van der Waals surface area contributed by atoms with E-state index in [1.165, 1.54) is 16.9 Å². The fourth-order valence-electron chi connectivity index (χ4n) is 2.10. The van der Waals surface area contributed by atoms with Crippen molar-refractivity contribution in [2.24, 2.45) is 5.92 Å². The monoisotopic (exact) mass is 351 g/mol. The lowest BCUT2D eigenvalue weighted by molar-refractivity contribution is -0.121. The Morgan fingerprint density at radius 1 is 1.26 bits per heavy atom. The van der Waals surface area contributed by atoms with Gasteiger partial charge in [0.15, 0.2) is 0 Å². The van der Waals surface area contributed by atoms with Crippen LogP contribution in [-0.2, 0) is 14.8 Å².